The zero-order valence-electron chi connectivity index (χ0n) is 29.6. The Bertz CT molecular complexity index is 1910. The lowest BCUT2D eigenvalue weighted by Gasteiger charge is -2.34. The number of aromatic nitrogens is 1. The number of halogens is 2. The van der Waals surface area contributed by atoms with Gasteiger partial charge in [0, 0.05) is 24.8 Å². The van der Waals surface area contributed by atoms with Gasteiger partial charge in [0.05, 0.1) is 22.3 Å². The predicted octanol–water partition coefficient (Wildman–Crippen LogP) is 8.87. The molecule has 2 saturated heterocycles. The average Bonchev–Trinajstić information content (AvgIpc) is 3.36. The average molecular weight is 689 g/mol. The van der Waals surface area contributed by atoms with Crippen LogP contribution in [0.5, 0.6) is 11.8 Å². The number of rotatable bonds is 10. The third-order valence-corrected chi connectivity index (χ3v) is 10.4. The molecule has 3 heterocycles. The molecule has 0 aliphatic carbocycles. The van der Waals surface area contributed by atoms with E-state index in [-0.39, 0.29) is 23.6 Å². The Hall–Kier alpha value is -4.73. The van der Waals surface area contributed by atoms with E-state index >= 15 is 8.78 Å². The number of anilines is 1. The van der Waals surface area contributed by atoms with Crippen LogP contribution in [0.15, 0.2) is 109 Å². The van der Waals surface area contributed by atoms with Gasteiger partial charge in [-0.2, -0.15) is 4.98 Å². The second kappa shape index (κ2) is 14.5. The van der Waals surface area contributed by atoms with E-state index < -0.39 is 30.0 Å². The summed E-state index contributed by atoms with van der Waals surface area (Å²) in [6.07, 6.45) is 1.74. The number of nitrogens with zero attached hydrogens (tertiary/aromatic N) is 2. The Morgan fingerprint density at radius 1 is 0.725 bits per heavy atom. The van der Waals surface area contributed by atoms with Gasteiger partial charge in [-0.05, 0) is 86.8 Å². The molecule has 0 unspecified atom stereocenters. The van der Waals surface area contributed by atoms with Crippen LogP contribution in [0.1, 0.15) is 63.1 Å². The summed E-state index contributed by atoms with van der Waals surface area (Å²) in [4.78, 5) is 6.60. The second-order valence-corrected chi connectivity index (χ2v) is 14.4. The largest absolute Gasteiger partial charge is 0.494 e. The van der Waals surface area contributed by atoms with Crippen LogP contribution in [0, 0.1) is 11.6 Å². The van der Waals surface area contributed by atoms with E-state index in [4.69, 9.17) is 18.8 Å². The highest BCUT2D eigenvalue weighted by Crippen LogP contribution is 2.39. The van der Waals surface area contributed by atoms with Gasteiger partial charge in [-0.15, -0.1) is 0 Å². The highest BCUT2D eigenvalue weighted by Gasteiger charge is 2.51. The zero-order chi connectivity index (χ0) is 35.6. The molecule has 0 radical (unpaired) electrons. The monoisotopic (exact) mass is 688 g/mol. The van der Waals surface area contributed by atoms with Crippen LogP contribution in [0.25, 0.3) is 11.1 Å². The summed E-state index contributed by atoms with van der Waals surface area (Å²) in [6, 6.07) is 33.8. The number of benzene rings is 4. The van der Waals surface area contributed by atoms with Gasteiger partial charge in [0.1, 0.15) is 24.8 Å². The molecule has 7 rings (SSSR count). The van der Waals surface area contributed by atoms with Crippen LogP contribution in [-0.4, -0.2) is 36.4 Å². The van der Waals surface area contributed by atoms with Crippen LogP contribution in [-0.2, 0) is 22.5 Å². The molecule has 0 atom stereocenters. The Kier molecular flexibility index (Phi) is 9.86. The first-order chi connectivity index (χ1) is 24.6. The molecule has 1 aromatic heterocycles. The summed E-state index contributed by atoms with van der Waals surface area (Å²) in [7, 11) is -0.396. The smallest absolute Gasteiger partial charge is 0.473 e. The van der Waals surface area contributed by atoms with E-state index in [1.807, 2.05) is 60.7 Å². The van der Waals surface area contributed by atoms with Crippen LogP contribution >= 0.6 is 0 Å². The normalized spacial score (nSPS) is 17.1. The van der Waals surface area contributed by atoms with Gasteiger partial charge in [0.15, 0.2) is 0 Å². The Morgan fingerprint density at radius 3 is 1.84 bits per heavy atom. The Labute approximate surface area is 299 Å². The van der Waals surface area contributed by atoms with Gasteiger partial charge < -0.3 is 23.7 Å². The molecular weight excluding hydrogens is 645 g/mol. The Balaban J connectivity index is 1.05. The van der Waals surface area contributed by atoms with Crippen LogP contribution < -0.4 is 19.8 Å². The number of ether oxygens (including phenoxy) is 2. The molecule has 0 spiro atoms. The topological polar surface area (TPSA) is 53.1 Å². The molecule has 6 nitrogen and oxygen atoms in total. The first kappa shape index (κ1) is 34.7. The van der Waals surface area contributed by atoms with E-state index in [0.29, 0.717) is 37.2 Å². The lowest BCUT2D eigenvalue weighted by molar-refractivity contribution is 0.00578. The van der Waals surface area contributed by atoms with E-state index in [1.54, 1.807) is 12.1 Å². The standard InChI is InChI=1S/C42H43BF2N2O4/c1-41(2)42(3,4)51-43(50-41)33-17-15-31(16-18-33)32-21-23-47(24-22-32)34-25-36(44)39(37(45)26-34)35-19-20-38(48-27-29-11-7-5-8-12-29)46-40(35)49-28-30-13-9-6-10-14-30/h5-20,25-26,32H,21-24,27-28H2,1-4H3. The van der Waals surface area contributed by atoms with Gasteiger partial charge in [-0.1, -0.05) is 84.9 Å². The van der Waals surface area contributed by atoms with Crippen LogP contribution in [0.3, 0.4) is 0 Å². The second-order valence-electron chi connectivity index (χ2n) is 14.4. The van der Waals surface area contributed by atoms with E-state index in [2.05, 4.69) is 61.8 Å². The maximum absolute atomic E-state index is 16.0. The molecule has 0 amide bonds. The summed E-state index contributed by atoms with van der Waals surface area (Å²) in [5.74, 6) is -0.598. The number of pyridine rings is 1. The molecule has 2 aliphatic rings. The maximum Gasteiger partial charge on any atom is 0.494 e. The lowest BCUT2D eigenvalue weighted by Crippen LogP contribution is -2.41. The fraction of sp³-hybridized carbons (Fsp3) is 0.310. The van der Waals surface area contributed by atoms with Crippen molar-refractivity contribution in [3.63, 3.8) is 0 Å². The first-order valence-corrected chi connectivity index (χ1v) is 17.6. The van der Waals surface area contributed by atoms with E-state index in [0.717, 1.165) is 29.4 Å². The quantitative estimate of drug-likeness (QED) is 0.137. The maximum atomic E-state index is 16.0. The zero-order valence-corrected chi connectivity index (χ0v) is 29.6. The molecule has 5 aromatic rings. The highest BCUT2D eigenvalue weighted by atomic mass is 19.1. The molecule has 0 bridgehead atoms. The highest BCUT2D eigenvalue weighted by molar-refractivity contribution is 6.62. The molecule has 4 aromatic carbocycles. The minimum absolute atomic E-state index is 0.0975. The van der Waals surface area contributed by atoms with Crippen LogP contribution in [0.4, 0.5) is 14.5 Å². The number of hydrogen-bond acceptors (Lipinski definition) is 6. The van der Waals surface area contributed by atoms with E-state index in [9.17, 15) is 0 Å². The van der Waals surface area contributed by atoms with Gasteiger partial charge in [-0.25, -0.2) is 8.78 Å². The third kappa shape index (κ3) is 7.65. The summed E-state index contributed by atoms with van der Waals surface area (Å²) in [5.41, 5.74) is 3.90. The molecule has 0 saturated carbocycles. The lowest BCUT2D eigenvalue weighted by atomic mass is 9.77. The van der Waals surface area contributed by atoms with Crippen LogP contribution in [0.2, 0.25) is 0 Å². The summed E-state index contributed by atoms with van der Waals surface area (Å²) in [5, 5.41) is 0. The number of hydrogen-bond donors (Lipinski definition) is 0. The van der Waals surface area contributed by atoms with Gasteiger partial charge in [-0.3, -0.25) is 0 Å². The first-order valence-electron chi connectivity index (χ1n) is 17.6. The van der Waals surface area contributed by atoms with Gasteiger partial charge >= 0.3 is 7.12 Å². The van der Waals surface area contributed by atoms with Crippen molar-refractivity contribution in [1.82, 2.24) is 4.98 Å². The molecule has 262 valence electrons. The molecular formula is C42H43BF2N2O4. The number of piperidine rings is 1. The summed E-state index contributed by atoms with van der Waals surface area (Å²) < 4.78 is 56.4. The van der Waals surface area contributed by atoms with Crippen molar-refractivity contribution in [2.45, 2.75) is 70.9 Å². The van der Waals surface area contributed by atoms with Gasteiger partial charge in [0.2, 0.25) is 11.8 Å². The van der Waals surface area contributed by atoms with Crippen molar-refractivity contribution in [2.24, 2.45) is 0 Å². The minimum atomic E-state index is -0.672. The third-order valence-electron chi connectivity index (χ3n) is 10.4. The van der Waals surface area contributed by atoms with Crippen molar-refractivity contribution >= 4 is 18.3 Å². The molecule has 51 heavy (non-hydrogen) atoms. The minimum Gasteiger partial charge on any atom is -0.473 e. The van der Waals surface area contributed by atoms with Crippen molar-refractivity contribution < 1.29 is 27.6 Å². The molecule has 0 N–H and O–H groups in total. The fourth-order valence-corrected chi connectivity index (χ4v) is 6.64. The molecule has 2 aliphatic heterocycles. The molecule has 9 heteroatoms. The van der Waals surface area contributed by atoms with Crippen molar-refractivity contribution in [3.05, 3.63) is 138 Å². The van der Waals surface area contributed by atoms with Crippen molar-refractivity contribution in [3.8, 4) is 22.9 Å². The van der Waals surface area contributed by atoms with Crippen molar-refractivity contribution in [1.29, 1.82) is 0 Å². The summed E-state index contributed by atoms with van der Waals surface area (Å²) >= 11 is 0. The Morgan fingerprint density at radius 2 is 1.27 bits per heavy atom. The predicted molar refractivity (Wildman–Crippen MR) is 197 cm³/mol. The fourth-order valence-electron chi connectivity index (χ4n) is 6.64. The molecule has 2 fully saturated rings. The van der Waals surface area contributed by atoms with Gasteiger partial charge in [0.25, 0.3) is 0 Å². The van der Waals surface area contributed by atoms with Crippen molar-refractivity contribution in [2.75, 3.05) is 18.0 Å². The summed E-state index contributed by atoms with van der Waals surface area (Å²) in [6.45, 7) is 10.1. The van der Waals surface area contributed by atoms with E-state index in [1.165, 1.54) is 17.7 Å². The SMILES string of the molecule is CC1(C)OB(c2ccc(C3CCN(c4cc(F)c(-c5ccc(OCc6ccccc6)nc5OCc5ccccc5)c(F)c4)CC3)cc2)OC1(C)C.